The second-order valence-corrected chi connectivity index (χ2v) is 5.43. The van der Waals surface area contributed by atoms with E-state index in [9.17, 15) is 5.11 Å². The molecule has 2 aromatic rings. The first-order valence-electron chi connectivity index (χ1n) is 7.17. The van der Waals surface area contributed by atoms with Crippen molar-refractivity contribution < 1.29 is 5.11 Å². The molecular weight excluding hydrogens is 246 g/mol. The maximum Gasteiger partial charge on any atom is 0.0914 e. The molecule has 1 unspecified atom stereocenters. The van der Waals surface area contributed by atoms with Crippen molar-refractivity contribution in [3.8, 4) is 0 Å². The first-order chi connectivity index (χ1) is 9.65. The molecule has 0 bridgehead atoms. The van der Waals surface area contributed by atoms with Crippen molar-refractivity contribution in [1.82, 2.24) is 5.32 Å². The molecule has 0 spiro atoms. The predicted molar refractivity (Wildman–Crippen MR) is 83.7 cm³/mol. The van der Waals surface area contributed by atoms with Crippen molar-refractivity contribution in [1.29, 1.82) is 0 Å². The van der Waals surface area contributed by atoms with E-state index in [-0.39, 0.29) is 0 Å². The first-order valence-corrected chi connectivity index (χ1v) is 7.17. The van der Waals surface area contributed by atoms with E-state index in [1.54, 1.807) is 0 Å². The summed E-state index contributed by atoms with van der Waals surface area (Å²) in [6.45, 7) is 4.77. The van der Waals surface area contributed by atoms with Crippen LogP contribution in [0.2, 0.25) is 0 Å². The minimum Gasteiger partial charge on any atom is -0.387 e. The fourth-order valence-electron chi connectivity index (χ4n) is 2.35. The molecule has 0 saturated heterocycles. The summed E-state index contributed by atoms with van der Waals surface area (Å²) in [6.07, 6.45) is 0.523. The molecule has 0 aliphatic heterocycles. The molecule has 0 amide bonds. The highest BCUT2D eigenvalue weighted by Gasteiger charge is 2.09. The summed E-state index contributed by atoms with van der Waals surface area (Å²) < 4.78 is 0. The van der Waals surface area contributed by atoms with Gasteiger partial charge in [-0.1, -0.05) is 60.2 Å². The normalized spacial score (nSPS) is 13.9. The van der Waals surface area contributed by atoms with E-state index in [1.165, 1.54) is 11.1 Å². The number of hydrogen-bond donors (Lipinski definition) is 2. The summed E-state index contributed by atoms with van der Waals surface area (Å²) in [5, 5.41) is 13.6. The van der Waals surface area contributed by atoms with Crippen LogP contribution in [0.25, 0.3) is 0 Å². The lowest BCUT2D eigenvalue weighted by atomic mass is 10.0. The van der Waals surface area contributed by atoms with Crippen LogP contribution in [0.3, 0.4) is 0 Å². The highest BCUT2D eigenvalue weighted by Crippen LogP contribution is 2.13. The van der Waals surface area contributed by atoms with Gasteiger partial charge in [0.05, 0.1) is 6.10 Å². The topological polar surface area (TPSA) is 32.3 Å². The molecule has 106 valence electrons. The van der Waals surface area contributed by atoms with Crippen molar-refractivity contribution in [2.75, 3.05) is 6.54 Å². The molecule has 2 rings (SSSR count). The molecule has 0 heterocycles. The first kappa shape index (κ1) is 14.8. The van der Waals surface area contributed by atoms with Gasteiger partial charge in [-0.25, -0.2) is 0 Å². The van der Waals surface area contributed by atoms with Crippen molar-refractivity contribution in [2.45, 2.75) is 32.4 Å². The van der Waals surface area contributed by atoms with Crippen LogP contribution in [-0.2, 0) is 6.42 Å². The van der Waals surface area contributed by atoms with Crippen molar-refractivity contribution in [2.24, 2.45) is 0 Å². The molecule has 2 N–H and O–H groups in total. The Labute approximate surface area is 121 Å². The molecule has 0 aromatic heterocycles. The van der Waals surface area contributed by atoms with Crippen LogP contribution in [0, 0.1) is 6.92 Å². The quantitative estimate of drug-likeness (QED) is 0.843. The standard InChI is InChI=1S/C18H23NO/c1-14-7-6-10-17(11-14)18(20)13-19-15(2)12-16-8-4-3-5-9-16/h3-11,15,18-20H,12-13H2,1-2H3/t15?,18-/m0/s1. The average molecular weight is 269 g/mol. The maximum absolute atomic E-state index is 10.2. The Morgan fingerprint density at radius 3 is 2.50 bits per heavy atom. The van der Waals surface area contributed by atoms with Crippen LogP contribution in [0.5, 0.6) is 0 Å². The minimum absolute atomic E-state index is 0.344. The maximum atomic E-state index is 10.2. The summed E-state index contributed by atoms with van der Waals surface area (Å²) in [5.41, 5.74) is 3.47. The summed E-state index contributed by atoms with van der Waals surface area (Å²) in [7, 11) is 0. The Hall–Kier alpha value is -1.64. The molecule has 2 nitrogen and oxygen atoms in total. The number of hydrogen-bond acceptors (Lipinski definition) is 2. The van der Waals surface area contributed by atoms with E-state index in [0.717, 1.165) is 12.0 Å². The van der Waals surface area contributed by atoms with Gasteiger partial charge in [-0.15, -0.1) is 0 Å². The molecule has 0 aliphatic rings. The fraction of sp³-hybridized carbons (Fsp3) is 0.333. The van der Waals surface area contributed by atoms with E-state index in [4.69, 9.17) is 0 Å². The van der Waals surface area contributed by atoms with E-state index in [0.29, 0.717) is 12.6 Å². The van der Waals surface area contributed by atoms with Crippen LogP contribution >= 0.6 is 0 Å². The van der Waals surface area contributed by atoms with Gasteiger partial charge in [0.1, 0.15) is 0 Å². The number of aliphatic hydroxyl groups excluding tert-OH is 1. The highest BCUT2D eigenvalue weighted by molar-refractivity contribution is 5.24. The molecule has 0 aliphatic carbocycles. The van der Waals surface area contributed by atoms with E-state index in [1.807, 2.05) is 37.3 Å². The van der Waals surface area contributed by atoms with Crippen molar-refractivity contribution in [3.63, 3.8) is 0 Å². The Morgan fingerprint density at radius 2 is 1.80 bits per heavy atom. The minimum atomic E-state index is -0.451. The van der Waals surface area contributed by atoms with Gasteiger partial charge >= 0.3 is 0 Å². The lowest BCUT2D eigenvalue weighted by Crippen LogP contribution is -2.32. The molecule has 20 heavy (non-hydrogen) atoms. The van der Waals surface area contributed by atoms with Crippen molar-refractivity contribution in [3.05, 3.63) is 71.3 Å². The lowest BCUT2D eigenvalue weighted by Gasteiger charge is -2.18. The predicted octanol–water partition coefficient (Wildman–Crippen LogP) is 3.25. The largest absolute Gasteiger partial charge is 0.387 e. The monoisotopic (exact) mass is 269 g/mol. The zero-order valence-electron chi connectivity index (χ0n) is 12.2. The second-order valence-electron chi connectivity index (χ2n) is 5.43. The molecular formula is C18H23NO. The van der Waals surface area contributed by atoms with Crippen LogP contribution < -0.4 is 5.32 Å². The summed E-state index contributed by atoms with van der Waals surface area (Å²) >= 11 is 0. The summed E-state index contributed by atoms with van der Waals surface area (Å²) in [4.78, 5) is 0. The number of nitrogens with one attached hydrogen (secondary N) is 1. The molecule has 0 fully saturated rings. The smallest absolute Gasteiger partial charge is 0.0914 e. The Balaban J connectivity index is 1.82. The van der Waals surface area contributed by atoms with Gasteiger partial charge in [0.2, 0.25) is 0 Å². The Bertz CT molecular complexity index is 524. The number of aryl methyl sites for hydroxylation is 1. The third-order valence-corrected chi connectivity index (χ3v) is 3.47. The Kier molecular flexibility index (Phi) is 5.33. The number of aliphatic hydroxyl groups is 1. The van der Waals surface area contributed by atoms with Gasteiger partial charge in [0, 0.05) is 12.6 Å². The summed E-state index contributed by atoms with van der Waals surface area (Å²) in [6, 6.07) is 18.8. The highest BCUT2D eigenvalue weighted by atomic mass is 16.3. The lowest BCUT2D eigenvalue weighted by molar-refractivity contribution is 0.170. The van der Waals surface area contributed by atoms with Crippen LogP contribution in [-0.4, -0.2) is 17.7 Å². The van der Waals surface area contributed by atoms with Crippen LogP contribution in [0.15, 0.2) is 54.6 Å². The van der Waals surface area contributed by atoms with Crippen molar-refractivity contribution >= 4 is 0 Å². The zero-order chi connectivity index (χ0) is 14.4. The van der Waals surface area contributed by atoms with Crippen LogP contribution in [0.1, 0.15) is 29.7 Å². The zero-order valence-corrected chi connectivity index (χ0v) is 12.2. The SMILES string of the molecule is Cc1cccc([C@@H](O)CNC(C)Cc2ccccc2)c1. The third-order valence-electron chi connectivity index (χ3n) is 3.47. The number of rotatable bonds is 6. The molecule has 0 radical (unpaired) electrons. The van der Waals surface area contributed by atoms with E-state index >= 15 is 0 Å². The second kappa shape index (κ2) is 7.22. The van der Waals surface area contributed by atoms with Gasteiger partial charge < -0.3 is 10.4 Å². The van der Waals surface area contributed by atoms with E-state index in [2.05, 4.69) is 36.5 Å². The van der Waals surface area contributed by atoms with Gasteiger partial charge in [-0.2, -0.15) is 0 Å². The molecule has 2 aromatic carbocycles. The Morgan fingerprint density at radius 1 is 1.05 bits per heavy atom. The fourth-order valence-corrected chi connectivity index (χ4v) is 2.35. The summed E-state index contributed by atoms with van der Waals surface area (Å²) in [5.74, 6) is 0. The van der Waals surface area contributed by atoms with E-state index < -0.39 is 6.10 Å². The van der Waals surface area contributed by atoms with Gasteiger partial charge in [-0.05, 0) is 31.4 Å². The molecule has 2 atom stereocenters. The molecule has 0 saturated carbocycles. The molecule has 2 heteroatoms. The van der Waals surface area contributed by atoms with Gasteiger partial charge in [0.15, 0.2) is 0 Å². The average Bonchev–Trinajstić information content (AvgIpc) is 2.46. The van der Waals surface area contributed by atoms with Crippen LogP contribution in [0.4, 0.5) is 0 Å². The van der Waals surface area contributed by atoms with Gasteiger partial charge in [-0.3, -0.25) is 0 Å². The van der Waals surface area contributed by atoms with Gasteiger partial charge in [0.25, 0.3) is 0 Å². The number of benzene rings is 2. The third kappa shape index (κ3) is 4.48.